The molecule has 0 bridgehead atoms. The molecule has 0 fully saturated rings. The summed E-state index contributed by atoms with van der Waals surface area (Å²) in [6, 6.07) is 7.72. The number of carbonyl (C=O) groups excluding carboxylic acids is 1. The van der Waals surface area contributed by atoms with E-state index in [1.54, 1.807) is 0 Å². The molecule has 1 N–H and O–H groups in total. The van der Waals surface area contributed by atoms with Crippen LogP contribution in [-0.4, -0.2) is 19.4 Å². The number of benzene rings is 1. The van der Waals surface area contributed by atoms with E-state index in [0.717, 1.165) is 25.1 Å². The van der Waals surface area contributed by atoms with E-state index in [0.29, 0.717) is 0 Å². The summed E-state index contributed by atoms with van der Waals surface area (Å²) in [6.07, 6.45) is 0.743. The Kier molecular flexibility index (Phi) is 4.72. The first-order chi connectivity index (χ1) is 6.86. The molecule has 0 atom stereocenters. The van der Waals surface area contributed by atoms with E-state index >= 15 is 0 Å². The van der Waals surface area contributed by atoms with Crippen LogP contribution in [0.2, 0.25) is 0 Å². The Labute approximate surface area is 84.1 Å². The number of ether oxygens (including phenoxy) is 1. The van der Waals surface area contributed by atoms with Gasteiger partial charge in [-0.3, -0.25) is 4.79 Å². The Balaban J connectivity index is 2.46. The lowest BCUT2D eigenvalue weighted by molar-refractivity contribution is -0.109. The van der Waals surface area contributed by atoms with Crippen LogP contribution in [-0.2, 0) is 11.3 Å². The molecule has 0 saturated carbocycles. The molecular formula is C11H15NO2. The minimum Gasteiger partial charge on any atom is -0.486 e. The van der Waals surface area contributed by atoms with E-state index in [1.807, 2.05) is 24.3 Å². The van der Waals surface area contributed by atoms with Gasteiger partial charge in [0.2, 0.25) is 0 Å². The highest BCUT2D eigenvalue weighted by molar-refractivity contribution is 5.51. The molecule has 0 aromatic heterocycles. The lowest BCUT2D eigenvalue weighted by Crippen LogP contribution is -2.11. The molecule has 0 aliphatic heterocycles. The second kappa shape index (κ2) is 6.16. The number of carbonyl (C=O) groups is 1. The molecule has 0 unspecified atom stereocenters. The van der Waals surface area contributed by atoms with Crippen LogP contribution in [0.5, 0.6) is 5.75 Å². The molecule has 0 saturated heterocycles. The predicted octanol–water partition coefficient (Wildman–Crippen LogP) is 1.37. The Morgan fingerprint density at radius 3 is 2.64 bits per heavy atom. The van der Waals surface area contributed by atoms with Gasteiger partial charge in [-0.1, -0.05) is 19.1 Å². The Morgan fingerprint density at radius 2 is 2.07 bits per heavy atom. The molecule has 3 heteroatoms. The summed E-state index contributed by atoms with van der Waals surface area (Å²) in [5.74, 6) is 0.734. The maximum atomic E-state index is 10.1. The molecule has 1 aromatic carbocycles. The fraction of sp³-hybridized carbons (Fsp3) is 0.364. The summed E-state index contributed by atoms with van der Waals surface area (Å²) in [5, 5.41) is 3.23. The van der Waals surface area contributed by atoms with Crippen LogP contribution in [0.3, 0.4) is 0 Å². The maximum absolute atomic E-state index is 10.1. The van der Waals surface area contributed by atoms with Crippen molar-refractivity contribution in [2.24, 2.45) is 0 Å². The Hall–Kier alpha value is -1.35. The monoisotopic (exact) mass is 193 g/mol. The van der Waals surface area contributed by atoms with E-state index in [1.165, 1.54) is 5.56 Å². The topological polar surface area (TPSA) is 38.3 Å². The quantitative estimate of drug-likeness (QED) is 0.693. The van der Waals surface area contributed by atoms with Crippen LogP contribution in [0.15, 0.2) is 24.3 Å². The van der Waals surface area contributed by atoms with Gasteiger partial charge in [0.25, 0.3) is 0 Å². The molecule has 0 spiro atoms. The average Bonchev–Trinajstić information content (AvgIpc) is 2.25. The predicted molar refractivity (Wildman–Crippen MR) is 55.4 cm³/mol. The number of hydrogen-bond acceptors (Lipinski definition) is 3. The van der Waals surface area contributed by atoms with Crippen molar-refractivity contribution in [1.29, 1.82) is 0 Å². The molecule has 0 heterocycles. The Morgan fingerprint density at radius 1 is 1.36 bits per heavy atom. The highest BCUT2D eigenvalue weighted by Crippen LogP contribution is 2.11. The highest BCUT2D eigenvalue weighted by Gasteiger charge is 1.94. The number of hydrogen-bond donors (Lipinski definition) is 1. The maximum Gasteiger partial charge on any atom is 0.157 e. The van der Waals surface area contributed by atoms with Crippen molar-refractivity contribution in [2.45, 2.75) is 13.5 Å². The lowest BCUT2D eigenvalue weighted by Gasteiger charge is -2.04. The van der Waals surface area contributed by atoms with Crippen molar-refractivity contribution < 1.29 is 9.53 Å². The van der Waals surface area contributed by atoms with Crippen LogP contribution < -0.4 is 10.1 Å². The molecule has 1 aromatic rings. The molecule has 3 nitrogen and oxygen atoms in total. The first kappa shape index (κ1) is 10.7. The third kappa shape index (κ3) is 3.58. The van der Waals surface area contributed by atoms with E-state index in [4.69, 9.17) is 4.74 Å². The standard InChI is InChI=1S/C11H15NO2/c1-2-12-9-10-3-5-11(6-4-10)14-8-7-13/h3-7,12H,2,8-9H2,1H3. The molecule has 0 aliphatic rings. The van der Waals surface area contributed by atoms with Crippen LogP contribution in [0, 0.1) is 0 Å². The van der Waals surface area contributed by atoms with Crippen LogP contribution in [0.25, 0.3) is 0 Å². The molecule has 0 radical (unpaired) electrons. The molecule has 76 valence electrons. The second-order valence-corrected chi connectivity index (χ2v) is 2.90. The molecular weight excluding hydrogens is 178 g/mol. The third-order valence-corrected chi connectivity index (χ3v) is 1.82. The molecule has 1 rings (SSSR count). The molecule has 14 heavy (non-hydrogen) atoms. The van der Waals surface area contributed by atoms with Gasteiger partial charge in [0.15, 0.2) is 6.29 Å². The van der Waals surface area contributed by atoms with Crippen molar-refractivity contribution in [1.82, 2.24) is 5.32 Å². The fourth-order valence-electron chi connectivity index (χ4n) is 1.10. The SMILES string of the molecule is CCNCc1ccc(OCC=O)cc1. The second-order valence-electron chi connectivity index (χ2n) is 2.90. The molecule has 0 aliphatic carbocycles. The lowest BCUT2D eigenvalue weighted by atomic mass is 10.2. The zero-order valence-electron chi connectivity index (χ0n) is 8.32. The average molecular weight is 193 g/mol. The fourth-order valence-corrected chi connectivity index (χ4v) is 1.10. The summed E-state index contributed by atoms with van der Waals surface area (Å²) < 4.78 is 5.13. The van der Waals surface area contributed by atoms with Crippen molar-refractivity contribution in [3.05, 3.63) is 29.8 Å². The number of nitrogens with one attached hydrogen (secondary N) is 1. The van der Waals surface area contributed by atoms with Crippen molar-refractivity contribution in [2.75, 3.05) is 13.2 Å². The van der Waals surface area contributed by atoms with Crippen molar-refractivity contribution in [3.8, 4) is 5.75 Å². The summed E-state index contributed by atoms with van der Waals surface area (Å²) >= 11 is 0. The van der Waals surface area contributed by atoms with E-state index < -0.39 is 0 Å². The van der Waals surface area contributed by atoms with Crippen LogP contribution in [0.4, 0.5) is 0 Å². The van der Waals surface area contributed by atoms with Gasteiger partial charge in [-0.05, 0) is 24.2 Å². The largest absolute Gasteiger partial charge is 0.486 e. The normalized spacial score (nSPS) is 9.79. The van der Waals surface area contributed by atoms with Gasteiger partial charge in [-0.2, -0.15) is 0 Å². The minimum atomic E-state index is 0.118. The molecule has 0 amide bonds. The summed E-state index contributed by atoms with van der Waals surface area (Å²) in [5.41, 5.74) is 1.21. The number of rotatable bonds is 6. The zero-order chi connectivity index (χ0) is 10.2. The smallest absolute Gasteiger partial charge is 0.157 e. The van der Waals surface area contributed by atoms with Gasteiger partial charge in [-0.15, -0.1) is 0 Å². The van der Waals surface area contributed by atoms with E-state index in [9.17, 15) is 4.79 Å². The zero-order valence-corrected chi connectivity index (χ0v) is 8.32. The van der Waals surface area contributed by atoms with E-state index in [-0.39, 0.29) is 6.61 Å². The van der Waals surface area contributed by atoms with Crippen molar-refractivity contribution >= 4 is 6.29 Å². The summed E-state index contributed by atoms with van der Waals surface area (Å²) in [4.78, 5) is 10.1. The van der Waals surface area contributed by atoms with Crippen LogP contribution >= 0.6 is 0 Å². The van der Waals surface area contributed by atoms with Gasteiger partial charge in [0, 0.05) is 6.54 Å². The first-order valence-electron chi connectivity index (χ1n) is 4.73. The van der Waals surface area contributed by atoms with Crippen LogP contribution in [0.1, 0.15) is 12.5 Å². The van der Waals surface area contributed by atoms with Gasteiger partial charge in [-0.25, -0.2) is 0 Å². The van der Waals surface area contributed by atoms with Crippen molar-refractivity contribution in [3.63, 3.8) is 0 Å². The summed E-state index contributed by atoms with van der Waals surface area (Å²) in [6.45, 7) is 4.02. The number of aldehydes is 1. The minimum absolute atomic E-state index is 0.118. The van der Waals surface area contributed by atoms with Gasteiger partial charge in [0.05, 0.1) is 0 Å². The van der Waals surface area contributed by atoms with Gasteiger partial charge in [0.1, 0.15) is 12.4 Å². The van der Waals surface area contributed by atoms with E-state index in [2.05, 4.69) is 12.2 Å². The Bertz CT molecular complexity index is 269. The third-order valence-electron chi connectivity index (χ3n) is 1.82. The van der Waals surface area contributed by atoms with Gasteiger partial charge >= 0.3 is 0 Å². The van der Waals surface area contributed by atoms with Gasteiger partial charge < -0.3 is 10.1 Å². The highest BCUT2D eigenvalue weighted by atomic mass is 16.5. The summed E-state index contributed by atoms with van der Waals surface area (Å²) in [7, 11) is 0. The first-order valence-corrected chi connectivity index (χ1v) is 4.73.